The highest BCUT2D eigenvalue weighted by atomic mass is 35.5. The Morgan fingerprint density at radius 3 is 2.60 bits per heavy atom. The van der Waals surface area contributed by atoms with Crippen molar-refractivity contribution >= 4 is 23.2 Å². The Labute approximate surface area is 179 Å². The maximum absolute atomic E-state index is 12.9. The van der Waals surface area contributed by atoms with Gasteiger partial charge in [0.2, 0.25) is 0 Å². The lowest BCUT2D eigenvalue weighted by Crippen LogP contribution is -2.26. The Kier molecular flexibility index (Phi) is 5.68. The number of nitrogens with zero attached hydrogens (tertiary/aromatic N) is 3. The fourth-order valence-corrected chi connectivity index (χ4v) is 3.35. The van der Waals surface area contributed by atoms with Crippen LogP contribution in [0, 0.1) is 0 Å². The van der Waals surface area contributed by atoms with E-state index in [1.165, 1.54) is 0 Å². The molecule has 0 bridgehead atoms. The summed E-state index contributed by atoms with van der Waals surface area (Å²) in [6, 6.07) is 18.6. The molecule has 0 saturated heterocycles. The number of carbonyl (C=O) groups is 1. The quantitative estimate of drug-likeness (QED) is 0.483. The van der Waals surface area contributed by atoms with Gasteiger partial charge < -0.3 is 10.1 Å². The second kappa shape index (κ2) is 8.55. The number of halogens is 1. The molecule has 0 fully saturated rings. The number of hydrogen-bond acceptors (Lipinski definition) is 4. The minimum atomic E-state index is -0.203. The number of hydrogen-bond donors (Lipinski definition) is 1. The van der Waals surface area contributed by atoms with E-state index in [-0.39, 0.29) is 5.91 Å². The predicted molar refractivity (Wildman–Crippen MR) is 118 cm³/mol. The molecule has 4 aromatic rings. The number of ether oxygens (including phenoxy) is 1. The molecule has 1 N–H and O–H groups in total. The third-order valence-corrected chi connectivity index (χ3v) is 4.97. The molecule has 152 valence electrons. The molecule has 6 nitrogen and oxygen atoms in total. The van der Waals surface area contributed by atoms with Gasteiger partial charge in [-0.1, -0.05) is 42.8 Å². The van der Waals surface area contributed by atoms with Crippen LogP contribution in [0.25, 0.3) is 28.2 Å². The van der Waals surface area contributed by atoms with Gasteiger partial charge in [0.15, 0.2) is 5.65 Å². The SMILES string of the molecule is CCCNC(=O)c1cc(-c2ccccc2OC)nc2cc(-c3ccc(Cl)cc3)nn12. The number of nitrogens with one attached hydrogen (secondary N) is 1. The summed E-state index contributed by atoms with van der Waals surface area (Å²) in [4.78, 5) is 17.7. The van der Waals surface area contributed by atoms with Crippen LogP contribution in [-0.4, -0.2) is 34.2 Å². The molecule has 0 aliphatic carbocycles. The van der Waals surface area contributed by atoms with E-state index >= 15 is 0 Å². The van der Waals surface area contributed by atoms with Crippen LogP contribution in [0.1, 0.15) is 23.8 Å². The molecule has 0 aliphatic rings. The van der Waals surface area contributed by atoms with Crippen molar-refractivity contribution in [2.24, 2.45) is 0 Å². The number of carbonyl (C=O) groups excluding carboxylic acids is 1. The molecular weight excluding hydrogens is 400 g/mol. The Balaban J connectivity index is 1.90. The van der Waals surface area contributed by atoms with Crippen LogP contribution in [0.15, 0.2) is 60.7 Å². The number of amides is 1. The molecule has 2 heterocycles. The first-order chi connectivity index (χ1) is 14.6. The summed E-state index contributed by atoms with van der Waals surface area (Å²) < 4.78 is 7.06. The van der Waals surface area contributed by atoms with Gasteiger partial charge >= 0.3 is 0 Å². The number of para-hydroxylation sites is 1. The minimum absolute atomic E-state index is 0.203. The maximum Gasteiger partial charge on any atom is 0.270 e. The van der Waals surface area contributed by atoms with Crippen molar-refractivity contribution < 1.29 is 9.53 Å². The number of benzene rings is 2. The molecule has 2 aromatic heterocycles. The number of rotatable bonds is 6. The summed E-state index contributed by atoms with van der Waals surface area (Å²) in [6.45, 7) is 2.59. The van der Waals surface area contributed by atoms with Crippen molar-refractivity contribution in [1.82, 2.24) is 19.9 Å². The molecule has 0 saturated carbocycles. The smallest absolute Gasteiger partial charge is 0.270 e. The fraction of sp³-hybridized carbons (Fsp3) is 0.174. The highest BCUT2D eigenvalue weighted by Crippen LogP contribution is 2.30. The van der Waals surface area contributed by atoms with E-state index in [2.05, 4.69) is 10.4 Å². The first-order valence-corrected chi connectivity index (χ1v) is 10.1. The van der Waals surface area contributed by atoms with Gasteiger partial charge in [0.05, 0.1) is 18.5 Å². The van der Waals surface area contributed by atoms with Gasteiger partial charge in [-0.25, -0.2) is 9.50 Å². The lowest BCUT2D eigenvalue weighted by Gasteiger charge is -2.11. The molecule has 2 aromatic carbocycles. The first kappa shape index (κ1) is 19.9. The molecule has 0 aliphatic heterocycles. The maximum atomic E-state index is 12.9. The summed E-state index contributed by atoms with van der Waals surface area (Å²) in [6.07, 6.45) is 0.842. The Hall–Kier alpha value is -3.38. The molecule has 0 atom stereocenters. The summed E-state index contributed by atoms with van der Waals surface area (Å²) in [5, 5.41) is 8.22. The van der Waals surface area contributed by atoms with E-state index in [0.29, 0.717) is 40.0 Å². The van der Waals surface area contributed by atoms with Crippen molar-refractivity contribution in [3.05, 3.63) is 71.4 Å². The van der Waals surface area contributed by atoms with Crippen LogP contribution in [0.2, 0.25) is 5.02 Å². The zero-order chi connectivity index (χ0) is 21.1. The van der Waals surface area contributed by atoms with Crippen molar-refractivity contribution in [2.45, 2.75) is 13.3 Å². The van der Waals surface area contributed by atoms with E-state index in [9.17, 15) is 4.79 Å². The third kappa shape index (κ3) is 3.86. The molecule has 4 rings (SSSR count). The lowest BCUT2D eigenvalue weighted by molar-refractivity contribution is 0.0946. The second-order valence-corrected chi connectivity index (χ2v) is 7.23. The van der Waals surface area contributed by atoms with Gasteiger partial charge in [-0.3, -0.25) is 4.79 Å². The average Bonchev–Trinajstić information content (AvgIpc) is 3.21. The highest BCUT2D eigenvalue weighted by Gasteiger charge is 2.18. The van der Waals surface area contributed by atoms with Crippen LogP contribution >= 0.6 is 11.6 Å². The second-order valence-electron chi connectivity index (χ2n) is 6.79. The summed E-state index contributed by atoms with van der Waals surface area (Å²) in [7, 11) is 1.61. The van der Waals surface area contributed by atoms with Gasteiger partial charge in [-0.05, 0) is 36.8 Å². The predicted octanol–water partition coefficient (Wildman–Crippen LogP) is 4.87. The lowest BCUT2D eigenvalue weighted by atomic mass is 10.1. The molecule has 1 amide bonds. The fourth-order valence-electron chi connectivity index (χ4n) is 3.22. The topological polar surface area (TPSA) is 68.5 Å². The van der Waals surface area contributed by atoms with E-state index in [4.69, 9.17) is 21.3 Å². The molecule has 30 heavy (non-hydrogen) atoms. The Morgan fingerprint density at radius 1 is 1.10 bits per heavy atom. The summed E-state index contributed by atoms with van der Waals surface area (Å²) >= 11 is 6.01. The van der Waals surface area contributed by atoms with E-state index < -0.39 is 0 Å². The van der Waals surface area contributed by atoms with Gasteiger partial charge in [-0.2, -0.15) is 5.10 Å². The van der Waals surface area contributed by atoms with E-state index in [1.807, 2.05) is 61.5 Å². The van der Waals surface area contributed by atoms with Crippen molar-refractivity contribution in [3.8, 4) is 28.3 Å². The standard InChI is InChI=1S/C23H21ClN4O2/c1-3-12-25-23(29)20-13-19(17-6-4-5-7-21(17)30-2)26-22-14-18(27-28(20)22)15-8-10-16(24)11-9-15/h4-11,13-14H,3,12H2,1-2H3,(H,25,29). The van der Waals surface area contributed by atoms with Crippen molar-refractivity contribution in [2.75, 3.05) is 13.7 Å². The van der Waals surface area contributed by atoms with Crippen LogP contribution < -0.4 is 10.1 Å². The first-order valence-electron chi connectivity index (χ1n) is 9.69. The monoisotopic (exact) mass is 420 g/mol. The van der Waals surface area contributed by atoms with Crippen molar-refractivity contribution in [1.29, 1.82) is 0 Å². The Morgan fingerprint density at radius 2 is 1.87 bits per heavy atom. The zero-order valence-corrected chi connectivity index (χ0v) is 17.5. The van der Waals surface area contributed by atoms with E-state index in [0.717, 1.165) is 17.5 Å². The summed E-state index contributed by atoms with van der Waals surface area (Å²) in [5.41, 5.74) is 4.04. The number of aromatic nitrogens is 3. The number of methoxy groups -OCH3 is 1. The number of fused-ring (bicyclic) bond motifs is 1. The van der Waals surface area contributed by atoms with Crippen LogP contribution in [0.4, 0.5) is 0 Å². The van der Waals surface area contributed by atoms with E-state index in [1.54, 1.807) is 17.7 Å². The third-order valence-electron chi connectivity index (χ3n) is 4.72. The Bertz CT molecular complexity index is 1200. The molecule has 0 spiro atoms. The van der Waals surface area contributed by atoms with Gasteiger partial charge in [-0.15, -0.1) is 0 Å². The van der Waals surface area contributed by atoms with Crippen LogP contribution in [-0.2, 0) is 0 Å². The minimum Gasteiger partial charge on any atom is -0.496 e. The highest BCUT2D eigenvalue weighted by molar-refractivity contribution is 6.30. The van der Waals surface area contributed by atoms with Gasteiger partial charge in [0.1, 0.15) is 11.4 Å². The van der Waals surface area contributed by atoms with Crippen LogP contribution in [0.5, 0.6) is 5.75 Å². The molecule has 0 unspecified atom stereocenters. The van der Waals surface area contributed by atoms with Gasteiger partial charge in [0, 0.05) is 28.8 Å². The average molecular weight is 421 g/mol. The largest absolute Gasteiger partial charge is 0.496 e. The normalized spacial score (nSPS) is 10.9. The molecular formula is C23H21ClN4O2. The molecule has 0 radical (unpaired) electrons. The zero-order valence-electron chi connectivity index (χ0n) is 16.7. The molecule has 7 heteroatoms. The van der Waals surface area contributed by atoms with Crippen LogP contribution in [0.3, 0.4) is 0 Å². The van der Waals surface area contributed by atoms with Crippen molar-refractivity contribution in [3.63, 3.8) is 0 Å². The summed E-state index contributed by atoms with van der Waals surface area (Å²) in [5.74, 6) is 0.484. The van der Waals surface area contributed by atoms with Gasteiger partial charge in [0.25, 0.3) is 5.91 Å².